The Labute approximate surface area is 110 Å². The average Bonchev–Trinajstić information content (AvgIpc) is 2.53. The van der Waals surface area contributed by atoms with Crippen molar-refractivity contribution in [1.29, 1.82) is 0 Å². The number of nitrogen functional groups attached to an aromatic ring is 1. The first kappa shape index (κ1) is 13.1. The van der Waals surface area contributed by atoms with Gasteiger partial charge in [-0.15, -0.1) is 0 Å². The highest BCUT2D eigenvalue weighted by molar-refractivity contribution is 5.48. The molecule has 2 rings (SSSR count). The number of anilines is 2. The number of rotatable bonds is 2. The van der Waals surface area contributed by atoms with E-state index in [0.29, 0.717) is 17.8 Å². The number of aromatic nitrogens is 2. The minimum Gasteiger partial charge on any atom is -0.384 e. The van der Waals surface area contributed by atoms with Gasteiger partial charge >= 0.3 is 0 Å². The van der Waals surface area contributed by atoms with Gasteiger partial charge in [0, 0.05) is 24.6 Å². The molecule has 1 aromatic heterocycles. The molecule has 0 radical (unpaired) electrons. The monoisotopic (exact) mass is 248 g/mol. The second kappa shape index (κ2) is 5.55. The zero-order valence-electron chi connectivity index (χ0n) is 11.7. The normalized spacial score (nSPS) is 21.1. The highest BCUT2D eigenvalue weighted by Crippen LogP contribution is 2.24. The fraction of sp³-hybridized carbons (Fsp3) is 0.714. The van der Waals surface area contributed by atoms with Crippen LogP contribution >= 0.6 is 0 Å². The fourth-order valence-electron chi connectivity index (χ4n) is 2.49. The van der Waals surface area contributed by atoms with Crippen molar-refractivity contribution in [3.63, 3.8) is 0 Å². The first-order chi connectivity index (χ1) is 8.58. The molecule has 0 amide bonds. The summed E-state index contributed by atoms with van der Waals surface area (Å²) in [6.07, 6.45) is 5.11. The predicted octanol–water partition coefficient (Wildman–Crippen LogP) is 2.95. The van der Waals surface area contributed by atoms with Crippen LogP contribution in [0.3, 0.4) is 0 Å². The van der Waals surface area contributed by atoms with E-state index < -0.39 is 0 Å². The van der Waals surface area contributed by atoms with Gasteiger partial charge in [-0.1, -0.05) is 26.7 Å². The van der Waals surface area contributed by atoms with Gasteiger partial charge < -0.3 is 10.6 Å². The Kier molecular flexibility index (Phi) is 4.04. The standard InChI is InChI=1S/C14H24N4/c1-10(2)14-16-12(15)9-13(17-14)18-8-6-4-5-7-11(18)3/h9-11H,4-8H2,1-3H3,(H2,15,16,17). The summed E-state index contributed by atoms with van der Waals surface area (Å²) >= 11 is 0. The van der Waals surface area contributed by atoms with Crippen molar-refractivity contribution in [3.8, 4) is 0 Å². The Morgan fingerprint density at radius 3 is 2.78 bits per heavy atom. The molecule has 4 heteroatoms. The lowest BCUT2D eigenvalue weighted by atomic mass is 10.1. The first-order valence-electron chi connectivity index (χ1n) is 6.99. The van der Waals surface area contributed by atoms with E-state index in [1.54, 1.807) is 0 Å². The van der Waals surface area contributed by atoms with Crippen molar-refractivity contribution in [2.45, 2.75) is 58.4 Å². The molecule has 1 aliphatic rings. The Morgan fingerprint density at radius 2 is 2.06 bits per heavy atom. The van der Waals surface area contributed by atoms with Crippen LogP contribution in [-0.2, 0) is 0 Å². The minimum atomic E-state index is 0.314. The summed E-state index contributed by atoms with van der Waals surface area (Å²) in [5.41, 5.74) is 5.91. The van der Waals surface area contributed by atoms with Crippen molar-refractivity contribution in [2.75, 3.05) is 17.2 Å². The third kappa shape index (κ3) is 2.92. The van der Waals surface area contributed by atoms with Crippen LogP contribution in [0.15, 0.2) is 6.07 Å². The van der Waals surface area contributed by atoms with E-state index in [1.807, 2.05) is 6.07 Å². The maximum absolute atomic E-state index is 5.91. The van der Waals surface area contributed by atoms with Crippen molar-refractivity contribution in [1.82, 2.24) is 9.97 Å². The quantitative estimate of drug-likeness (QED) is 0.874. The maximum Gasteiger partial charge on any atom is 0.135 e. The number of hydrogen-bond acceptors (Lipinski definition) is 4. The van der Waals surface area contributed by atoms with E-state index in [4.69, 9.17) is 5.73 Å². The summed E-state index contributed by atoms with van der Waals surface area (Å²) in [7, 11) is 0. The third-order valence-corrected chi connectivity index (χ3v) is 3.61. The molecule has 100 valence electrons. The van der Waals surface area contributed by atoms with Gasteiger partial charge in [-0.05, 0) is 19.8 Å². The molecule has 1 aliphatic heterocycles. The van der Waals surface area contributed by atoms with Gasteiger partial charge in [0.25, 0.3) is 0 Å². The van der Waals surface area contributed by atoms with E-state index in [1.165, 1.54) is 25.7 Å². The van der Waals surface area contributed by atoms with Crippen molar-refractivity contribution >= 4 is 11.6 Å². The number of hydrogen-bond donors (Lipinski definition) is 1. The number of nitrogens with zero attached hydrogens (tertiary/aromatic N) is 3. The van der Waals surface area contributed by atoms with Crippen molar-refractivity contribution < 1.29 is 0 Å². The molecule has 2 heterocycles. The summed E-state index contributed by atoms with van der Waals surface area (Å²) in [4.78, 5) is 11.4. The maximum atomic E-state index is 5.91. The van der Waals surface area contributed by atoms with Gasteiger partial charge in [-0.3, -0.25) is 0 Å². The number of nitrogens with two attached hydrogens (primary N) is 1. The lowest BCUT2D eigenvalue weighted by molar-refractivity contribution is 0.608. The zero-order valence-corrected chi connectivity index (χ0v) is 11.7. The second-order valence-electron chi connectivity index (χ2n) is 5.56. The van der Waals surface area contributed by atoms with E-state index in [2.05, 4.69) is 35.6 Å². The smallest absolute Gasteiger partial charge is 0.135 e. The van der Waals surface area contributed by atoms with Crippen LogP contribution < -0.4 is 10.6 Å². The Morgan fingerprint density at radius 1 is 1.28 bits per heavy atom. The highest BCUT2D eigenvalue weighted by atomic mass is 15.2. The van der Waals surface area contributed by atoms with Gasteiger partial charge in [0.05, 0.1) is 0 Å². The van der Waals surface area contributed by atoms with Crippen LogP contribution in [0.5, 0.6) is 0 Å². The lowest BCUT2D eigenvalue weighted by Crippen LogP contribution is -2.33. The van der Waals surface area contributed by atoms with Gasteiger partial charge in [-0.2, -0.15) is 0 Å². The Bertz CT molecular complexity index is 403. The largest absolute Gasteiger partial charge is 0.384 e. The van der Waals surface area contributed by atoms with Crippen molar-refractivity contribution in [2.24, 2.45) is 0 Å². The Balaban J connectivity index is 2.30. The van der Waals surface area contributed by atoms with E-state index >= 15 is 0 Å². The van der Waals surface area contributed by atoms with E-state index in [-0.39, 0.29) is 0 Å². The van der Waals surface area contributed by atoms with Crippen molar-refractivity contribution in [3.05, 3.63) is 11.9 Å². The molecule has 0 saturated carbocycles. The van der Waals surface area contributed by atoms with Crippen LogP contribution in [0.25, 0.3) is 0 Å². The molecule has 1 fully saturated rings. The SMILES string of the molecule is CC(C)c1nc(N)cc(N2CCCCCC2C)n1. The zero-order chi connectivity index (χ0) is 13.1. The van der Waals surface area contributed by atoms with Crippen LogP contribution in [-0.4, -0.2) is 22.6 Å². The Hall–Kier alpha value is -1.32. The average molecular weight is 248 g/mol. The van der Waals surface area contributed by atoms with Gasteiger partial charge in [0.1, 0.15) is 17.5 Å². The summed E-state index contributed by atoms with van der Waals surface area (Å²) in [6, 6.07) is 2.45. The van der Waals surface area contributed by atoms with E-state index in [0.717, 1.165) is 18.2 Å². The van der Waals surface area contributed by atoms with E-state index in [9.17, 15) is 0 Å². The summed E-state index contributed by atoms with van der Waals surface area (Å²) in [5, 5.41) is 0. The van der Waals surface area contributed by atoms with Gasteiger partial charge in [-0.25, -0.2) is 9.97 Å². The molecule has 1 unspecified atom stereocenters. The van der Waals surface area contributed by atoms with Crippen LogP contribution in [0.2, 0.25) is 0 Å². The summed E-state index contributed by atoms with van der Waals surface area (Å²) < 4.78 is 0. The molecule has 18 heavy (non-hydrogen) atoms. The molecule has 0 bridgehead atoms. The molecule has 0 spiro atoms. The van der Waals surface area contributed by atoms with Crippen LogP contribution in [0.1, 0.15) is 58.2 Å². The molecular weight excluding hydrogens is 224 g/mol. The summed E-state index contributed by atoms with van der Waals surface area (Å²) in [5.74, 6) is 2.75. The minimum absolute atomic E-state index is 0.314. The molecule has 1 saturated heterocycles. The third-order valence-electron chi connectivity index (χ3n) is 3.61. The summed E-state index contributed by atoms with van der Waals surface area (Å²) in [6.45, 7) is 7.56. The fourth-order valence-corrected chi connectivity index (χ4v) is 2.49. The molecular formula is C14H24N4. The van der Waals surface area contributed by atoms with Crippen LogP contribution in [0.4, 0.5) is 11.6 Å². The molecule has 4 nitrogen and oxygen atoms in total. The lowest BCUT2D eigenvalue weighted by Gasteiger charge is -2.28. The van der Waals surface area contributed by atoms with Gasteiger partial charge in [0.15, 0.2) is 0 Å². The molecule has 0 aromatic carbocycles. The van der Waals surface area contributed by atoms with Crippen LogP contribution in [0, 0.1) is 0 Å². The molecule has 1 aromatic rings. The molecule has 1 atom stereocenters. The molecule has 0 aliphatic carbocycles. The highest BCUT2D eigenvalue weighted by Gasteiger charge is 2.19. The van der Waals surface area contributed by atoms with Gasteiger partial charge in [0.2, 0.25) is 0 Å². The molecule has 2 N–H and O–H groups in total. The first-order valence-corrected chi connectivity index (χ1v) is 6.99. The second-order valence-corrected chi connectivity index (χ2v) is 5.56. The predicted molar refractivity (Wildman–Crippen MR) is 75.8 cm³/mol. The topological polar surface area (TPSA) is 55.0 Å².